The van der Waals surface area contributed by atoms with Gasteiger partial charge in [-0.05, 0) is 38.5 Å². The van der Waals surface area contributed by atoms with Gasteiger partial charge < -0.3 is 19.3 Å². The Kier molecular flexibility index (Phi) is 40.5. The van der Waals surface area contributed by atoms with Gasteiger partial charge in [0.15, 0.2) is 6.10 Å². The van der Waals surface area contributed by atoms with E-state index in [2.05, 4.69) is 30.5 Å². The molecule has 0 heterocycles. The fourth-order valence-electron chi connectivity index (χ4n) is 6.84. The number of carbonyl (C=O) groups is 2. The number of rotatable bonds is 43. The van der Waals surface area contributed by atoms with Gasteiger partial charge in [-0.1, -0.05) is 206 Å². The van der Waals surface area contributed by atoms with E-state index in [-0.39, 0.29) is 19.4 Å². The van der Waals surface area contributed by atoms with E-state index in [0.29, 0.717) is 6.42 Å². The lowest BCUT2D eigenvalue weighted by Gasteiger charge is -2.18. The number of unbranched alkanes of at least 4 members (excludes halogenated alkanes) is 31. The predicted molar refractivity (Wildman–Crippen MR) is 226 cm³/mol. The quantitative estimate of drug-likeness (QED) is 0.0271. The SMILES string of the molecule is CCCCCCCC/C=C\CCCCCCCCCCCCCC(=O)O[C@H](COC(=O)CCCCCCCCCCCCCCCCC)COP(=O)(O)O. The monoisotopic (exact) mass is 787 g/mol. The maximum atomic E-state index is 12.4. The van der Waals surface area contributed by atoms with Gasteiger partial charge in [0.1, 0.15) is 6.61 Å². The maximum absolute atomic E-state index is 12.4. The van der Waals surface area contributed by atoms with Crippen molar-refractivity contribution in [2.45, 2.75) is 251 Å². The number of hydrogen-bond acceptors (Lipinski definition) is 6. The van der Waals surface area contributed by atoms with Crippen LogP contribution >= 0.6 is 7.82 Å². The summed E-state index contributed by atoms with van der Waals surface area (Å²) in [4.78, 5) is 42.9. The second-order valence-corrected chi connectivity index (χ2v) is 17.0. The minimum absolute atomic E-state index is 0.216. The summed E-state index contributed by atoms with van der Waals surface area (Å²) in [6, 6.07) is 0. The molecule has 0 aliphatic rings. The van der Waals surface area contributed by atoms with E-state index in [1.807, 2.05) is 0 Å². The summed E-state index contributed by atoms with van der Waals surface area (Å²) >= 11 is 0. The van der Waals surface area contributed by atoms with Crippen LogP contribution in [0.1, 0.15) is 245 Å². The third-order valence-corrected chi connectivity index (χ3v) is 10.8. The third-order valence-electron chi connectivity index (χ3n) is 10.3. The molecule has 1 atom stereocenters. The molecular formula is C45H87O8P. The van der Waals surface area contributed by atoms with Crippen LogP contribution in [-0.4, -0.2) is 41.0 Å². The first-order valence-corrected chi connectivity index (χ1v) is 24.5. The highest BCUT2D eigenvalue weighted by molar-refractivity contribution is 7.46. The summed E-state index contributed by atoms with van der Waals surface area (Å²) < 4.78 is 26.5. The van der Waals surface area contributed by atoms with Gasteiger partial charge in [-0.2, -0.15) is 0 Å². The van der Waals surface area contributed by atoms with Crippen LogP contribution in [0.15, 0.2) is 12.2 Å². The molecule has 0 aliphatic heterocycles. The summed E-state index contributed by atoms with van der Waals surface area (Å²) in [7, 11) is -4.75. The zero-order valence-electron chi connectivity index (χ0n) is 35.4. The molecule has 0 saturated carbocycles. The molecule has 0 saturated heterocycles. The van der Waals surface area contributed by atoms with Gasteiger partial charge in [0.2, 0.25) is 0 Å². The van der Waals surface area contributed by atoms with E-state index in [4.69, 9.17) is 19.3 Å². The molecule has 320 valence electrons. The summed E-state index contributed by atoms with van der Waals surface area (Å²) in [6.45, 7) is 3.72. The average molecular weight is 787 g/mol. The number of allylic oxidation sites excluding steroid dienone is 2. The molecule has 0 aromatic rings. The van der Waals surface area contributed by atoms with Crippen molar-refractivity contribution in [3.63, 3.8) is 0 Å². The van der Waals surface area contributed by atoms with Crippen LogP contribution in [0.25, 0.3) is 0 Å². The van der Waals surface area contributed by atoms with E-state index in [0.717, 1.165) is 38.5 Å². The van der Waals surface area contributed by atoms with Crippen molar-refractivity contribution >= 4 is 19.8 Å². The Hall–Kier alpha value is -1.21. The topological polar surface area (TPSA) is 119 Å². The molecule has 0 unspecified atom stereocenters. The first-order valence-electron chi connectivity index (χ1n) is 23.0. The second-order valence-electron chi connectivity index (χ2n) is 15.7. The molecule has 9 heteroatoms. The Bertz CT molecular complexity index is 889. The number of esters is 2. The molecule has 0 bridgehead atoms. The molecule has 0 spiro atoms. The Labute approximate surface area is 333 Å². The molecule has 2 N–H and O–H groups in total. The Balaban J connectivity index is 3.82. The lowest BCUT2D eigenvalue weighted by atomic mass is 10.0. The van der Waals surface area contributed by atoms with Gasteiger partial charge in [0, 0.05) is 12.8 Å². The number of carbonyl (C=O) groups excluding carboxylic acids is 2. The van der Waals surface area contributed by atoms with E-state index in [1.54, 1.807) is 0 Å². The highest BCUT2D eigenvalue weighted by atomic mass is 31.2. The molecule has 8 nitrogen and oxygen atoms in total. The number of phosphoric ester groups is 1. The van der Waals surface area contributed by atoms with Crippen molar-refractivity contribution in [1.29, 1.82) is 0 Å². The zero-order chi connectivity index (χ0) is 39.6. The van der Waals surface area contributed by atoms with Crippen LogP contribution in [0.4, 0.5) is 0 Å². The molecule has 0 fully saturated rings. The smallest absolute Gasteiger partial charge is 0.462 e. The van der Waals surface area contributed by atoms with Gasteiger partial charge in [-0.25, -0.2) is 4.57 Å². The van der Waals surface area contributed by atoms with Crippen LogP contribution in [0.3, 0.4) is 0 Å². The van der Waals surface area contributed by atoms with Crippen molar-refractivity contribution in [2.24, 2.45) is 0 Å². The Morgan fingerprint density at radius 3 is 1.13 bits per heavy atom. The molecule has 0 aromatic heterocycles. The van der Waals surface area contributed by atoms with Gasteiger partial charge in [-0.3, -0.25) is 14.1 Å². The van der Waals surface area contributed by atoms with Crippen molar-refractivity contribution in [3.8, 4) is 0 Å². The lowest BCUT2D eigenvalue weighted by Crippen LogP contribution is -2.29. The summed E-state index contributed by atoms with van der Waals surface area (Å²) in [5.74, 6) is -0.871. The van der Waals surface area contributed by atoms with Crippen molar-refractivity contribution in [1.82, 2.24) is 0 Å². The van der Waals surface area contributed by atoms with Gasteiger partial charge in [-0.15, -0.1) is 0 Å². The standard InChI is InChI=1S/C45H87O8P/c1-3-5-7-9-11-13-15-17-19-20-21-22-23-24-26-28-30-32-34-36-38-40-45(47)53-43(42-52-54(48,49)50)41-51-44(46)39-37-35-33-31-29-27-25-18-16-14-12-10-8-6-4-2/h17,19,43H,3-16,18,20-42H2,1-2H3,(H2,48,49,50)/b19-17-/t43-/m1/s1. The molecule has 0 aliphatic carbocycles. The fraction of sp³-hybridized carbons (Fsp3) is 0.911. The first kappa shape index (κ1) is 52.8. The number of ether oxygens (including phenoxy) is 2. The minimum Gasteiger partial charge on any atom is -0.462 e. The van der Waals surface area contributed by atoms with Crippen LogP contribution in [0.5, 0.6) is 0 Å². The Morgan fingerprint density at radius 2 is 0.778 bits per heavy atom. The zero-order valence-corrected chi connectivity index (χ0v) is 36.3. The van der Waals surface area contributed by atoms with Crippen molar-refractivity contribution in [2.75, 3.05) is 13.2 Å². The molecule has 0 aromatic carbocycles. The average Bonchev–Trinajstić information content (AvgIpc) is 3.14. The first-order chi connectivity index (χ1) is 26.3. The molecule has 0 amide bonds. The molecular weight excluding hydrogens is 699 g/mol. The minimum atomic E-state index is -4.75. The van der Waals surface area contributed by atoms with Gasteiger partial charge in [0.25, 0.3) is 0 Å². The predicted octanol–water partition coefficient (Wildman–Crippen LogP) is 14.2. The molecule has 0 radical (unpaired) electrons. The highest BCUT2D eigenvalue weighted by Gasteiger charge is 2.23. The van der Waals surface area contributed by atoms with E-state index < -0.39 is 32.5 Å². The van der Waals surface area contributed by atoms with E-state index in [1.165, 1.54) is 173 Å². The number of phosphoric acid groups is 1. The lowest BCUT2D eigenvalue weighted by molar-refractivity contribution is -0.161. The van der Waals surface area contributed by atoms with Crippen LogP contribution in [-0.2, 0) is 28.2 Å². The fourth-order valence-corrected chi connectivity index (χ4v) is 7.20. The van der Waals surface area contributed by atoms with Crippen molar-refractivity contribution < 1.29 is 37.9 Å². The normalized spacial score (nSPS) is 12.4. The summed E-state index contributed by atoms with van der Waals surface area (Å²) in [5.41, 5.74) is 0. The third kappa shape index (κ3) is 43.5. The van der Waals surface area contributed by atoms with Crippen LogP contribution in [0, 0.1) is 0 Å². The van der Waals surface area contributed by atoms with Crippen LogP contribution < -0.4 is 0 Å². The Morgan fingerprint density at radius 1 is 0.463 bits per heavy atom. The second kappa shape index (κ2) is 41.4. The van der Waals surface area contributed by atoms with E-state index >= 15 is 0 Å². The van der Waals surface area contributed by atoms with Crippen LogP contribution in [0.2, 0.25) is 0 Å². The number of hydrogen-bond donors (Lipinski definition) is 2. The van der Waals surface area contributed by atoms with Crippen molar-refractivity contribution in [3.05, 3.63) is 12.2 Å². The summed E-state index contributed by atoms with van der Waals surface area (Å²) in [5, 5.41) is 0. The van der Waals surface area contributed by atoms with Gasteiger partial charge in [0.05, 0.1) is 6.61 Å². The largest absolute Gasteiger partial charge is 0.469 e. The highest BCUT2D eigenvalue weighted by Crippen LogP contribution is 2.36. The molecule has 0 rings (SSSR count). The molecule has 54 heavy (non-hydrogen) atoms. The maximum Gasteiger partial charge on any atom is 0.469 e. The van der Waals surface area contributed by atoms with E-state index in [9.17, 15) is 14.2 Å². The summed E-state index contributed by atoms with van der Waals surface area (Å²) in [6.07, 6.45) is 46.5. The van der Waals surface area contributed by atoms with Gasteiger partial charge >= 0.3 is 19.8 Å².